The number of aromatic nitrogens is 1. The largest absolute Gasteiger partial charge is 0.507 e. The monoisotopic (exact) mass is 432 g/mol. The van der Waals surface area contributed by atoms with Crippen LogP contribution in [0.25, 0.3) is 21.8 Å². The lowest BCUT2D eigenvalue weighted by Crippen LogP contribution is -2.02. The minimum atomic E-state index is -1.27. The number of phenols is 2. The van der Waals surface area contributed by atoms with Crippen LogP contribution in [-0.2, 0) is 0 Å². The molecule has 1 heterocycles. The molecule has 0 bridgehead atoms. The summed E-state index contributed by atoms with van der Waals surface area (Å²) >= 11 is 0. The van der Waals surface area contributed by atoms with Gasteiger partial charge in [0.05, 0.1) is 27.1 Å². The minimum absolute atomic E-state index is 0.0199. The number of carboxylic acid groups (broad SMARTS) is 1. The average Bonchev–Trinajstić information content (AvgIpc) is 2.76. The Morgan fingerprint density at radius 3 is 2.34 bits per heavy atom. The highest BCUT2D eigenvalue weighted by atomic mass is 16.6. The molecule has 0 spiro atoms. The number of fused-ring (bicyclic) bond motifs is 2. The number of hydrogen-bond acceptors (Lipinski definition) is 8. The zero-order chi connectivity index (χ0) is 23.2. The molecule has 10 nitrogen and oxygen atoms in total. The number of carbonyl (C=O) groups is 1. The number of nitro groups is 1. The van der Waals surface area contributed by atoms with Crippen molar-refractivity contribution < 1.29 is 25.0 Å². The van der Waals surface area contributed by atoms with Crippen LogP contribution < -0.4 is 0 Å². The van der Waals surface area contributed by atoms with Gasteiger partial charge in [-0.25, -0.2) is 9.78 Å². The fraction of sp³-hybridized carbons (Fsp3) is 0.0909. The fourth-order valence-corrected chi connectivity index (χ4v) is 3.43. The predicted molar refractivity (Wildman–Crippen MR) is 116 cm³/mol. The molecule has 32 heavy (non-hydrogen) atoms. The molecule has 0 amide bonds. The van der Waals surface area contributed by atoms with Crippen LogP contribution in [0.1, 0.15) is 21.5 Å². The van der Waals surface area contributed by atoms with Gasteiger partial charge < -0.3 is 15.3 Å². The standard InChI is InChI=1S/C22H16N4O6/c1-10-3-8-15-14(9-10)16(22(29)30)17-18(23-15)19(21(28)11(2)20(17)27)25-24-12-4-6-13(7-5-12)26(31)32/h3-9,27-28H,1-2H3,(H,29,30). The van der Waals surface area contributed by atoms with Crippen molar-refractivity contribution in [3.05, 3.63) is 69.3 Å². The van der Waals surface area contributed by atoms with Crippen LogP contribution in [0, 0.1) is 24.0 Å². The third-order valence-electron chi connectivity index (χ3n) is 5.08. The van der Waals surface area contributed by atoms with Crippen molar-refractivity contribution in [2.45, 2.75) is 13.8 Å². The van der Waals surface area contributed by atoms with E-state index in [1.165, 1.54) is 31.2 Å². The fourth-order valence-electron chi connectivity index (χ4n) is 3.43. The highest BCUT2D eigenvalue weighted by Crippen LogP contribution is 2.46. The number of aromatic carboxylic acids is 1. The summed E-state index contributed by atoms with van der Waals surface area (Å²) < 4.78 is 0. The lowest BCUT2D eigenvalue weighted by Gasteiger charge is -2.14. The van der Waals surface area contributed by atoms with Gasteiger partial charge in [-0.1, -0.05) is 11.6 Å². The normalized spacial score (nSPS) is 11.4. The van der Waals surface area contributed by atoms with Crippen LogP contribution in [-0.4, -0.2) is 31.2 Å². The number of hydrogen-bond donors (Lipinski definition) is 3. The molecule has 3 N–H and O–H groups in total. The molecule has 0 aliphatic heterocycles. The maximum atomic E-state index is 12.2. The van der Waals surface area contributed by atoms with Gasteiger partial charge in [-0.15, -0.1) is 5.11 Å². The van der Waals surface area contributed by atoms with Gasteiger partial charge in [0.2, 0.25) is 0 Å². The van der Waals surface area contributed by atoms with Crippen LogP contribution in [0.4, 0.5) is 17.1 Å². The first-order valence-electron chi connectivity index (χ1n) is 9.37. The summed E-state index contributed by atoms with van der Waals surface area (Å²) in [6.07, 6.45) is 0. The lowest BCUT2D eigenvalue weighted by molar-refractivity contribution is -0.384. The van der Waals surface area contributed by atoms with Crippen molar-refractivity contribution >= 4 is 44.8 Å². The molecular weight excluding hydrogens is 416 g/mol. The number of nitro benzene ring substituents is 1. The topological polar surface area (TPSA) is 159 Å². The van der Waals surface area contributed by atoms with Crippen LogP contribution >= 0.6 is 0 Å². The van der Waals surface area contributed by atoms with Crippen molar-refractivity contribution in [3.63, 3.8) is 0 Å². The minimum Gasteiger partial charge on any atom is -0.507 e. The molecule has 0 atom stereocenters. The van der Waals surface area contributed by atoms with E-state index in [0.717, 1.165) is 5.56 Å². The van der Waals surface area contributed by atoms with E-state index in [9.17, 15) is 30.2 Å². The maximum absolute atomic E-state index is 12.2. The van der Waals surface area contributed by atoms with Crippen molar-refractivity contribution in [2.24, 2.45) is 10.2 Å². The molecular formula is C22H16N4O6. The summed E-state index contributed by atoms with van der Waals surface area (Å²) in [4.78, 5) is 26.9. The van der Waals surface area contributed by atoms with Crippen LogP contribution in [0.15, 0.2) is 52.7 Å². The number of carboxylic acids is 1. The molecule has 160 valence electrons. The third-order valence-corrected chi connectivity index (χ3v) is 5.08. The summed E-state index contributed by atoms with van der Waals surface area (Å²) in [5.74, 6) is -2.09. The van der Waals surface area contributed by atoms with E-state index in [-0.39, 0.29) is 39.1 Å². The third kappa shape index (κ3) is 3.33. The number of pyridine rings is 1. The van der Waals surface area contributed by atoms with Crippen molar-refractivity contribution in [1.29, 1.82) is 0 Å². The molecule has 3 aromatic carbocycles. The van der Waals surface area contributed by atoms with Crippen LogP contribution in [0.5, 0.6) is 11.5 Å². The maximum Gasteiger partial charge on any atom is 0.337 e. The molecule has 0 fully saturated rings. The molecule has 0 unspecified atom stereocenters. The Kier molecular flexibility index (Phi) is 4.90. The number of azo groups is 1. The number of aryl methyl sites for hydroxylation is 1. The van der Waals surface area contributed by atoms with Gasteiger partial charge in [-0.2, -0.15) is 5.11 Å². The predicted octanol–water partition coefficient (Wildman–Crippen LogP) is 5.44. The molecule has 1 aromatic heterocycles. The summed E-state index contributed by atoms with van der Waals surface area (Å²) in [6.45, 7) is 3.22. The molecule has 0 aliphatic carbocycles. The Bertz CT molecular complexity index is 1460. The summed E-state index contributed by atoms with van der Waals surface area (Å²) in [6, 6.07) is 10.3. The Balaban J connectivity index is 2.02. The first-order chi connectivity index (χ1) is 15.2. The number of phenolic OH excluding ortho intramolecular Hbond substituents is 2. The smallest absolute Gasteiger partial charge is 0.337 e. The number of rotatable bonds is 4. The molecule has 4 aromatic rings. The quantitative estimate of drug-likeness (QED) is 0.168. The van der Waals surface area contributed by atoms with E-state index in [1.54, 1.807) is 25.1 Å². The van der Waals surface area contributed by atoms with Gasteiger partial charge in [0.15, 0.2) is 11.4 Å². The summed E-state index contributed by atoms with van der Waals surface area (Å²) in [5, 5.41) is 50.4. The van der Waals surface area contributed by atoms with Crippen molar-refractivity contribution in [1.82, 2.24) is 4.98 Å². The molecule has 0 radical (unpaired) electrons. The molecule has 0 saturated heterocycles. The lowest BCUT2D eigenvalue weighted by atomic mass is 9.97. The number of benzene rings is 3. The Morgan fingerprint density at radius 1 is 1.03 bits per heavy atom. The SMILES string of the molecule is Cc1ccc2nc3c(N=Nc4ccc([N+](=O)[O-])cc4)c(O)c(C)c(O)c3c(C(=O)O)c2c1. The van der Waals surface area contributed by atoms with Crippen LogP contribution in [0.2, 0.25) is 0 Å². The van der Waals surface area contributed by atoms with Gasteiger partial charge in [-0.3, -0.25) is 10.1 Å². The van der Waals surface area contributed by atoms with Gasteiger partial charge >= 0.3 is 5.97 Å². The highest BCUT2D eigenvalue weighted by molar-refractivity contribution is 6.18. The summed E-state index contributed by atoms with van der Waals surface area (Å²) in [7, 11) is 0. The van der Waals surface area contributed by atoms with Gasteiger partial charge in [-0.05, 0) is 38.1 Å². The van der Waals surface area contributed by atoms with Gasteiger partial charge in [0, 0.05) is 23.1 Å². The Hall–Kier alpha value is -4.60. The number of nitrogens with zero attached hydrogens (tertiary/aromatic N) is 4. The zero-order valence-corrected chi connectivity index (χ0v) is 16.9. The second kappa shape index (κ2) is 7.58. The summed E-state index contributed by atoms with van der Waals surface area (Å²) in [5.41, 5.74) is 0.997. The molecule has 4 rings (SSSR count). The number of non-ortho nitro benzene ring substituents is 1. The van der Waals surface area contributed by atoms with Gasteiger partial charge in [0.25, 0.3) is 5.69 Å². The van der Waals surface area contributed by atoms with E-state index in [2.05, 4.69) is 15.2 Å². The van der Waals surface area contributed by atoms with Crippen molar-refractivity contribution in [2.75, 3.05) is 0 Å². The van der Waals surface area contributed by atoms with E-state index < -0.39 is 22.4 Å². The van der Waals surface area contributed by atoms with E-state index in [1.807, 2.05) is 0 Å². The molecule has 0 saturated carbocycles. The Labute approximate surface area is 180 Å². The van der Waals surface area contributed by atoms with Crippen molar-refractivity contribution in [3.8, 4) is 11.5 Å². The zero-order valence-electron chi connectivity index (χ0n) is 16.9. The average molecular weight is 432 g/mol. The second-order valence-electron chi connectivity index (χ2n) is 7.18. The van der Waals surface area contributed by atoms with Crippen LogP contribution in [0.3, 0.4) is 0 Å². The Morgan fingerprint density at radius 2 is 1.72 bits per heavy atom. The van der Waals surface area contributed by atoms with E-state index in [0.29, 0.717) is 10.9 Å². The molecule has 0 aliphatic rings. The van der Waals surface area contributed by atoms with Gasteiger partial charge in [0.1, 0.15) is 11.3 Å². The highest BCUT2D eigenvalue weighted by Gasteiger charge is 2.25. The molecule has 10 heteroatoms. The second-order valence-corrected chi connectivity index (χ2v) is 7.18. The first-order valence-corrected chi connectivity index (χ1v) is 9.37. The number of aromatic hydroxyl groups is 2. The first kappa shape index (κ1) is 20.7. The van der Waals surface area contributed by atoms with E-state index >= 15 is 0 Å². The van der Waals surface area contributed by atoms with E-state index in [4.69, 9.17) is 0 Å².